The van der Waals surface area contributed by atoms with E-state index in [-0.39, 0.29) is 5.91 Å². The third-order valence-electron chi connectivity index (χ3n) is 4.88. The van der Waals surface area contributed by atoms with Gasteiger partial charge in [0.15, 0.2) is 5.13 Å². The fraction of sp³-hybridized carbons (Fsp3) is 0.208. The number of halogens is 1. The van der Waals surface area contributed by atoms with Crippen molar-refractivity contribution >= 4 is 56.0 Å². The maximum Gasteiger partial charge on any atom is 0.229 e. The van der Waals surface area contributed by atoms with Crippen LogP contribution in [-0.2, 0) is 11.3 Å². The van der Waals surface area contributed by atoms with Gasteiger partial charge < -0.3 is 0 Å². The molecule has 4 aromatic rings. The van der Waals surface area contributed by atoms with Crippen molar-refractivity contribution < 1.29 is 4.79 Å². The van der Waals surface area contributed by atoms with Crippen molar-refractivity contribution in [1.82, 2.24) is 9.97 Å². The van der Waals surface area contributed by atoms with Gasteiger partial charge in [0.25, 0.3) is 0 Å². The summed E-state index contributed by atoms with van der Waals surface area (Å²) in [6.07, 6.45) is 4.80. The molecule has 0 saturated heterocycles. The number of rotatable bonds is 8. The second kappa shape index (κ2) is 10.3. The first-order valence-electron chi connectivity index (χ1n) is 10.0. The number of benzene rings is 2. The molecule has 0 atom stereocenters. The second-order valence-corrected chi connectivity index (χ2v) is 9.71. The molecule has 2 aromatic carbocycles. The minimum atomic E-state index is 0.0697. The first kappa shape index (κ1) is 21.8. The molecule has 2 aromatic heterocycles. The number of carbonyl (C=O) groups excluding carboxylic acids is 1. The molecule has 158 valence electrons. The number of hydrogen-bond acceptors (Lipinski definition) is 5. The molecule has 2 heterocycles. The number of hydrogen-bond donors (Lipinski definition) is 0. The van der Waals surface area contributed by atoms with E-state index in [1.165, 1.54) is 16.2 Å². The van der Waals surface area contributed by atoms with Crippen molar-refractivity contribution in [3.8, 4) is 0 Å². The van der Waals surface area contributed by atoms with Crippen LogP contribution in [-0.4, -0.2) is 21.6 Å². The van der Waals surface area contributed by atoms with Crippen molar-refractivity contribution in [3.63, 3.8) is 0 Å². The zero-order valence-electron chi connectivity index (χ0n) is 17.1. The average molecular weight is 468 g/mol. The van der Waals surface area contributed by atoms with Crippen molar-refractivity contribution in [1.29, 1.82) is 0 Å². The Morgan fingerprint density at radius 2 is 1.97 bits per heavy atom. The Morgan fingerprint density at radius 3 is 2.74 bits per heavy atom. The van der Waals surface area contributed by atoms with Gasteiger partial charge in [-0.2, -0.15) is 0 Å². The number of fused-ring (bicyclic) bond motifs is 1. The number of amides is 1. The van der Waals surface area contributed by atoms with Gasteiger partial charge in [0.05, 0.1) is 16.8 Å². The van der Waals surface area contributed by atoms with Gasteiger partial charge in [-0.15, -0.1) is 11.8 Å². The van der Waals surface area contributed by atoms with E-state index in [2.05, 4.69) is 17.1 Å². The van der Waals surface area contributed by atoms with E-state index in [4.69, 9.17) is 16.6 Å². The van der Waals surface area contributed by atoms with Crippen LogP contribution in [0.15, 0.2) is 71.9 Å². The van der Waals surface area contributed by atoms with E-state index in [0.717, 1.165) is 33.5 Å². The highest BCUT2D eigenvalue weighted by Gasteiger charge is 2.21. The molecular formula is C24H22ClN3OS2. The van der Waals surface area contributed by atoms with Gasteiger partial charge in [0.2, 0.25) is 5.91 Å². The third kappa shape index (κ3) is 5.45. The summed E-state index contributed by atoms with van der Waals surface area (Å²) in [4.78, 5) is 25.2. The number of thiazole rings is 1. The van der Waals surface area contributed by atoms with Crippen LogP contribution >= 0.6 is 34.7 Å². The highest BCUT2D eigenvalue weighted by molar-refractivity contribution is 7.99. The Labute approximate surface area is 195 Å². The lowest BCUT2D eigenvalue weighted by molar-refractivity contribution is -0.118. The van der Waals surface area contributed by atoms with E-state index in [9.17, 15) is 4.79 Å². The summed E-state index contributed by atoms with van der Waals surface area (Å²) in [5.74, 6) is 0.964. The lowest BCUT2D eigenvalue weighted by Crippen LogP contribution is -2.30. The molecule has 0 aliphatic heterocycles. The zero-order valence-corrected chi connectivity index (χ0v) is 19.5. The highest BCUT2D eigenvalue weighted by Crippen LogP contribution is 2.34. The monoisotopic (exact) mass is 467 g/mol. The predicted molar refractivity (Wildman–Crippen MR) is 131 cm³/mol. The lowest BCUT2D eigenvalue weighted by Gasteiger charge is -2.20. The number of aryl methyl sites for hydroxylation is 1. The zero-order chi connectivity index (χ0) is 21.6. The lowest BCUT2D eigenvalue weighted by atomic mass is 10.2. The molecule has 4 nitrogen and oxygen atoms in total. The Morgan fingerprint density at radius 1 is 1.13 bits per heavy atom. The summed E-state index contributed by atoms with van der Waals surface area (Å²) >= 11 is 9.57. The van der Waals surface area contributed by atoms with E-state index >= 15 is 0 Å². The van der Waals surface area contributed by atoms with Crippen LogP contribution in [0.2, 0.25) is 5.02 Å². The van der Waals surface area contributed by atoms with E-state index in [0.29, 0.717) is 23.1 Å². The summed E-state index contributed by atoms with van der Waals surface area (Å²) in [5, 5.41) is 1.39. The van der Waals surface area contributed by atoms with Gasteiger partial charge in [0.1, 0.15) is 0 Å². The normalized spacial score (nSPS) is 11.0. The Kier molecular flexibility index (Phi) is 7.22. The number of nitrogens with zero attached hydrogens (tertiary/aromatic N) is 3. The molecule has 0 fully saturated rings. The Balaban J connectivity index is 1.51. The Bertz CT molecular complexity index is 1170. The van der Waals surface area contributed by atoms with Crippen LogP contribution in [0.25, 0.3) is 10.2 Å². The van der Waals surface area contributed by atoms with Gasteiger partial charge in [-0.1, -0.05) is 47.2 Å². The quantitative estimate of drug-likeness (QED) is 0.212. The van der Waals surface area contributed by atoms with Crippen molar-refractivity contribution in [2.75, 3.05) is 10.7 Å². The van der Waals surface area contributed by atoms with Crippen LogP contribution in [0.3, 0.4) is 0 Å². The maximum absolute atomic E-state index is 13.2. The summed E-state index contributed by atoms with van der Waals surface area (Å²) in [5.41, 5.74) is 2.77. The Hall–Kier alpha value is -2.41. The summed E-state index contributed by atoms with van der Waals surface area (Å²) < 4.78 is 1.03. The fourth-order valence-electron chi connectivity index (χ4n) is 3.21. The van der Waals surface area contributed by atoms with Crippen molar-refractivity contribution in [2.24, 2.45) is 0 Å². The van der Waals surface area contributed by atoms with E-state index in [1.807, 2.05) is 49.4 Å². The molecule has 0 unspecified atom stereocenters. The molecule has 0 N–H and O–H groups in total. The molecule has 0 aliphatic carbocycles. The van der Waals surface area contributed by atoms with E-state index in [1.54, 1.807) is 29.1 Å². The number of thioether (sulfide) groups is 1. The SMILES string of the molecule is Cc1c(Cl)ccc2sc(N(Cc3cccnc3)C(=O)CCCSc3ccccc3)nc12. The molecular weight excluding hydrogens is 446 g/mol. The number of pyridine rings is 1. The number of aromatic nitrogens is 2. The molecule has 7 heteroatoms. The highest BCUT2D eigenvalue weighted by atomic mass is 35.5. The van der Waals surface area contributed by atoms with Gasteiger partial charge in [-0.3, -0.25) is 14.7 Å². The number of anilines is 1. The second-order valence-electron chi connectivity index (χ2n) is 7.12. The topological polar surface area (TPSA) is 46.1 Å². The standard InChI is InChI=1S/C24H22ClN3OS2/c1-17-20(25)11-12-21-23(17)27-24(31-21)28(16-18-7-5-13-26-15-18)22(29)10-6-14-30-19-8-3-2-4-9-19/h2-5,7-9,11-13,15H,6,10,14,16H2,1H3. The van der Waals surface area contributed by atoms with Crippen LogP contribution in [0.4, 0.5) is 5.13 Å². The molecule has 0 bridgehead atoms. The minimum absolute atomic E-state index is 0.0697. The molecule has 0 aliphatic rings. The van der Waals surface area contributed by atoms with Gasteiger partial charge in [-0.05, 0) is 60.6 Å². The van der Waals surface area contributed by atoms with E-state index < -0.39 is 0 Å². The summed E-state index contributed by atoms with van der Waals surface area (Å²) in [7, 11) is 0. The molecule has 4 rings (SSSR count). The molecule has 31 heavy (non-hydrogen) atoms. The fourth-order valence-corrected chi connectivity index (χ4v) is 5.27. The minimum Gasteiger partial charge on any atom is -0.284 e. The van der Waals surface area contributed by atoms with Crippen LogP contribution in [0.5, 0.6) is 0 Å². The first-order valence-corrected chi connectivity index (χ1v) is 12.2. The molecule has 1 amide bonds. The largest absolute Gasteiger partial charge is 0.284 e. The maximum atomic E-state index is 13.2. The van der Waals surface area contributed by atoms with Crippen LogP contribution < -0.4 is 4.90 Å². The molecule has 0 saturated carbocycles. The summed E-state index contributed by atoms with van der Waals surface area (Å²) in [6.45, 7) is 2.41. The average Bonchev–Trinajstić information content (AvgIpc) is 3.23. The van der Waals surface area contributed by atoms with Crippen molar-refractivity contribution in [3.05, 3.63) is 83.1 Å². The number of carbonyl (C=O) groups is 1. The van der Waals surface area contributed by atoms with Crippen molar-refractivity contribution in [2.45, 2.75) is 31.2 Å². The molecule has 0 radical (unpaired) electrons. The predicted octanol–water partition coefficient (Wildman–Crippen LogP) is 6.76. The first-order chi connectivity index (χ1) is 15.1. The molecule has 0 spiro atoms. The van der Waals surface area contributed by atoms with Crippen LogP contribution in [0.1, 0.15) is 24.0 Å². The third-order valence-corrected chi connectivity index (χ3v) is 7.43. The van der Waals surface area contributed by atoms with Crippen LogP contribution in [0, 0.1) is 6.92 Å². The van der Waals surface area contributed by atoms with Gasteiger partial charge in [0, 0.05) is 28.7 Å². The van der Waals surface area contributed by atoms with Gasteiger partial charge >= 0.3 is 0 Å². The summed E-state index contributed by atoms with van der Waals surface area (Å²) in [6, 6.07) is 18.0. The smallest absolute Gasteiger partial charge is 0.229 e. The van der Waals surface area contributed by atoms with Gasteiger partial charge in [-0.25, -0.2) is 4.98 Å².